The van der Waals surface area contributed by atoms with Crippen LogP contribution in [0.2, 0.25) is 0 Å². The first-order valence-corrected chi connectivity index (χ1v) is 8.35. The summed E-state index contributed by atoms with van der Waals surface area (Å²) >= 11 is 3.46. The Kier molecular flexibility index (Phi) is 4.48. The third-order valence-electron chi connectivity index (χ3n) is 4.02. The zero-order chi connectivity index (χ0) is 15.5. The van der Waals surface area contributed by atoms with Crippen LogP contribution in [0, 0.1) is 6.92 Å². The highest BCUT2D eigenvalue weighted by molar-refractivity contribution is 9.10. The normalized spacial score (nSPS) is 14.2. The highest BCUT2D eigenvalue weighted by Crippen LogP contribution is 2.22. The van der Waals surface area contributed by atoms with Crippen LogP contribution < -0.4 is 10.2 Å². The zero-order valence-electron chi connectivity index (χ0n) is 12.6. The van der Waals surface area contributed by atoms with Crippen LogP contribution in [0.5, 0.6) is 0 Å². The molecule has 0 saturated carbocycles. The lowest BCUT2D eigenvalue weighted by Gasteiger charge is -2.17. The van der Waals surface area contributed by atoms with Gasteiger partial charge in [0.1, 0.15) is 0 Å². The minimum atomic E-state index is -0.0744. The summed E-state index contributed by atoms with van der Waals surface area (Å²) in [6.07, 6.45) is 2.51. The van der Waals surface area contributed by atoms with Crippen molar-refractivity contribution in [3.05, 3.63) is 58.1 Å². The average molecular weight is 359 g/mol. The van der Waals surface area contributed by atoms with Gasteiger partial charge in [-0.1, -0.05) is 15.9 Å². The van der Waals surface area contributed by atoms with Crippen molar-refractivity contribution in [2.45, 2.75) is 19.8 Å². The standard InChI is InChI=1S/C18H19BrN2O/c1-13-12-15(6-9-17(13)19)20-18(22)14-4-7-16(8-5-14)21-10-2-3-11-21/h4-9,12H,2-3,10-11H2,1H3,(H,20,22). The smallest absolute Gasteiger partial charge is 0.255 e. The molecular weight excluding hydrogens is 340 g/mol. The number of halogens is 1. The van der Waals surface area contributed by atoms with E-state index in [1.807, 2.05) is 49.4 Å². The van der Waals surface area contributed by atoms with Gasteiger partial charge >= 0.3 is 0 Å². The molecule has 2 aromatic rings. The molecule has 4 heteroatoms. The summed E-state index contributed by atoms with van der Waals surface area (Å²) in [6, 6.07) is 13.7. The van der Waals surface area contributed by atoms with Crippen molar-refractivity contribution in [2.75, 3.05) is 23.3 Å². The first kappa shape index (κ1) is 15.1. The Bertz CT molecular complexity index is 676. The van der Waals surface area contributed by atoms with Gasteiger partial charge in [-0.05, 0) is 67.8 Å². The maximum absolute atomic E-state index is 12.3. The molecule has 1 amide bonds. The molecule has 0 spiro atoms. The highest BCUT2D eigenvalue weighted by Gasteiger charge is 2.13. The number of benzene rings is 2. The molecule has 1 N–H and O–H groups in total. The lowest BCUT2D eigenvalue weighted by molar-refractivity contribution is 0.102. The van der Waals surface area contributed by atoms with E-state index in [0.29, 0.717) is 5.56 Å². The van der Waals surface area contributed by atoms with Gasteiger partial charge in [0, 0.05) is 34.5 Å². The van der Waals surface area contributed by atoms with E-state index in [0.717, 1.165) is 28.8 Å². The Morgan fingerprint density at radius 2 is 1.77 bits per heavy atom. The van der Waals surface area contributed by atoms with E-state index in [2.05, 4.69) is 26.1 Å². The SMILES string of the molecule is Cc1cc(NC(=O)c2ccc(N3CCCC3)cc2)ccc1Br. The molecule has 1 aliphatic heterocycles. The number of anilines is 2. The fourth-order valence-corrected chi connectivity index (χ4v) is 2.97. The minimum absolute atomic E-state index is 0.0744. The van der Waals surface area contributed by atoms with Gasteiger partial charge in [0.05, 0.1) is 0 Å². The Labute approximate surface area is 139 Å². The van der Waals surface area contributed by atoms with E-state index in [1.165, 1.54) is 18.5 Å². The topological polar surface area (TPSA) is 32.3 Å². The van der Waals surface area contributed by atoms with E-state index >= 15 is 0 Å². The van der Waals surface area contributed by atoms with Crippen LogP contribution >= 0.6 is 15.9 Å². The number of aryl methyl sites for hydroxylation is 1. The summed E-state index contributed by atoms with van der Waals surface area (Å²) in [4.78, 5) is 14.7. The molecule has 1 saturated heterocycles. The summed E-state index contributed by atoms with van der Waals surface area (Å²) in [6.45, 7) is 4.23. The van der Waals surface area contributed by atoms with Gasteiger partial charge < -0.3 is 10.2 Å². The molecule has 0 atom stereocenters. The number of hydrogen-bond donors (Lipinski definition) is 1. The molecule has 1 heterocycles. The number of rotatable bonds is 3. The molecule has 0 unspecified atom stereocenters. The lowest BCUT2D eigenvalue weighted by Crippen LogP contribution is -2.18. The quantitative estimate of drug-likeness (QED) is 0.868. The Hall–Kier alpha value is -1.81. The maximum atomic E-state index is 12.3. The number of carbonyl (C=O) groups is 1. The molecule has 0 radical (unpaired) electrons. The number of hydrogen-bond acceptors (Lipinski definition) is 2. The highest BCUT2D eigenvalue weighted by atomic mass is 79.9. The number of carbonyl (C=O) groups excluding carboxylic acids is 1. The summed E-state index contributed by atoms with van der Waals surface area (Å²) < 4.78 is 1.04. The first-order chi connectivity index (χ1) is 10.6. The number of nitrogens with one attached hydrogen (secondary N) is 1. The van der Waals surface area contributed by atoms with Crippen LogP contribution in [0.15, 0.2) is 46.9 Å². The van der Waals surface area contributed by atoms with E-state index in [9.17, 15) is 4.79 Å². The summed E-state index contributed by atoms with van der Waals surface area (Å²) in [5, 5.41) is 2.94. The van der Waals surface area contributed by atoms with Gasteiger partial charge in [0.2, 0.25) is 0 Å². The molecule has 3 rings (SSSR count). The second kappa shape index (κ2) is 6.53. The second-order valence-electron chi connectivity index (χ2n) is 5.66. The molecule has 1 aliphatic rings. The van der Waals surface area contributed by atoms with Crippen molar-refractivity contribution >= 4 is 33.2 Å². The molecule has 114 valence electrons. The van der Waals surface area contributed by atoms with Crippen molar-refractivity contribution in [1.82, 2.24) is 0 Å². The van der Waals surface area contributed by atoms with E-state index in [-0.39, 0.29) is 5.91 Å². The molecule has 3 nitrogen and oxygen atoms in total. The molecule has 22 heavy (non-hydrogen) atoms. The average Bonchev–Trinajstić information content (AvgIpc) is 3.05. The fourth-order valence-electron chi connectivity index (χ4n) is 2.72. The predicted octanol–water partition coefficient (Wildman–Crippen LogP) is 4.61. The Balaban J connectivity index is 1.70. The maximum Gasteiger partial charge on any atom is 0.255 e. The summed E-state index contributed by atoms with van der Waals surface area (Å²) in [7, 11) is 0. The molecule has 2 aromatic carbocycles. The zero-order valence-corrected chi connectivity index (χ0v) is 14.2. The monoisotopic (exact) mass is 358 g/mol. The van der Waals surface area contributed by atoms with Crippen molar-refractivity contribution in [3.8, 4) is 0 Å². The van der Waals surface area contributed by atoms with E-state index < -0.39 is 0 Å². The molecular formula is C18H19BrN2O. The fraction of sp³-hybridized carbons (Fsp3) is 0.278. The third kappa shape index (κ3) is 3.33. The van der Waals surface area contributed by atoms with Gasteiger partial charge in [0.15, 0.2) is 0 Å². The minimum Gasteiger partial charge on any atom is -0.372 e. The summed E-state index contributed by atoms with van der Waals surface area (Å²) in [5.41, 5.74) is 3.80. The predicted molar refractivity (Wildman–Crippen MR) is 94.7 cm³/mol. The van der Waals surface area contributed by atoms with Crippen molar-refractivity contribution < 1.29 is 4.79 Å². The van der Waals surface area contributed by atoms with Gasteiger partial charge in [0.25, 0.3) is 5.91 Å². The van der Waals surface area contributed by atoms with Crippen LogP contribution in [0.4, 0.5) is 11.4 Å². The van der Waals surface area contributed by atoms with E-state index in [4.69, 9.17) is 0 Å². The molecule has 0 aliphatic carbocycles. The van der Waals surface area contributed by atoms with Crippen LogP contribution in [0.3, 0.4) is 0 Å². The van der Waals surface area contributed by atoms with Crippen LogP contribution in [0.1, 0.15) is 28.8 Å². The molecule has 0 aromatic heterocycles. The largest absolute Gasteiger partial charge is 0.372 e. The van der Waals surface area contributed by atoms with Gasteiger partial charge in [-0.15, -0.1) is 0 Å². The Morgan fingerprint density at radius 3 is 2.41 bits per heavy atom. The van der Waals surface area contributed by atoms with Gasteiger partial charge in [-0.3, -0.25) is 4.79 Å². The lowest BCUT2D eigenvalue weighted by atomic mass is 10.1. The number of nitrogens with zero attached hydrogens (tertiary/aromatic N) is 1. The second-order valence-corrected chi connectivity index (χ2v) is 6.51. The van der Waals surface area contributed by atoms with Gasteiger partial charge in [-0.25, -0.2) is 0 Å². The van der Waals surface area contributed by atoms with Crippen molar-refractivity contribution in [2.24, 2.45) is 0 Å². The van der Waals surface area contributed by atoms with Crippen LogP contribution in [-0.2, 0) is 0 Å². The van der Waals surface area contributed by atoms with Crippen LogP contribution in [0.25, 0.3) is 0 Å². The van der Waals surface area contributed by atoms with Crippen molar-refractivity contribution in [1.29, 1.82) is 0 Å². The molecule has 1 fully saturated rings. The van der Waals surface area contributed by atoms with Crippen molar-refractivity contribution in [3.63, 3.8) is 0 Å². The molecule has 0 bridgehead atoms. The van der Waals surface area contributed by atoms with Gasteiger partial charge in [-0.2, -0.15) is 0 Å². The first-order valence-electron chi connectivity index (χ1n) is 7.56. The summed E-state index contributed by atoms with van der Waals surface area (Å²) in [5.74, 6) is -0.0744. The Morgan fingerprint density at radius 1 is 1.09 bits per heavy atom. The third-order valence-corrected chi connectivity index (χ3v) is 4.91. The van der Waals surface area contributed by atoms with Crippen LogP contribution in [-0.4, -0.2) is 19.0 Å². The number of amides is 1. The van der Waals surface area contributed by atoms with E-state index in [1.54, 1.807) is 0 Å².